The molecule has 0 saturated carbocycles. The number of aryl methyl sites for hydroxylation is 1. The Kier molecular flexibility index (Phi) is 5.13. The molecule has 1 rings (SSSR count). The fourth-order valence-corrected chi connectivity index (χ4v) is 1.77. The van der Waals surface area contributed by atoms with E-state index < -0.39 is 23.5 Å². The molecule has 0 aliphatic carbocycles. The maximum atomic E-state index is 11.8. The predicted octanol–water partition coefficient (Wildman–Crippen LogP) is 2.87. The van der Waals surface area contributed by atoms with Crippen LogP contribution < -0.4 is 10.6 Å². The molecule has 3 N–H and O–H groups in total. The molecule has 110 valence electrons. The summed E-state index contributed by atoms with van der Waals surface area (Å²) in [5.41, 5.74) is 1.25. The van der Waals surface area contributed by atoms with Crippen molar-refractivity contribution >= 4 is 17.7 Å². The van der Waals surface area contributed by atoms with Crippen molar-refractivity contribution < 1.29 is 14.7 Å². The summed E-state index contributed by atoms with van der Waals surface area (Å²) < 4.78 is 0. The fraction of sp³-hybridized carbons (Fsp3) is 0.467. The van der Waals surface area contributed by atoms with E-state index in [0.717, 1.165) is 6.42 Å². The van der Waals surface area contributed by atoms with Crippen LogP contribution in [0.1, 0.15) is 33.3 Å². The Morgan fingerprint density at radius 2 is 1.75 bits per heavy atom. The summed E-state index contributed by atoms with van der Waals surface area (Å²) in [5, 5.41) is 14.3. The van der Waals surface area contributed by atoms with Crippen molar-refractivity contribution in [3.63, 3.8) is 0 Å². The summed E-state index contributed by atoms with van der Waals surface area (Å²) in [6.45, 7) is 7.35. The highest BCUT2D eigenvalue weighted by Gasteiger charge is 2.32. The molecule has 20 heavy (non-hydrogen) atoms. The number of aliphatic carboxylic acids is 1. The summed E-state index contributed by atoms with van der Waals surface area (Å²) in [6, 6.07) is 5.98. The zero-order chi connectivity index (χ0) is 15.3. The number of carbonyl (C=O) groups is 2. The van der Waals surface area contributed by atoms with Gasteiger partial charge in [0.2, 0.25) is 0 Å². The molecule has 0 heterocycles. The second kappa shape index (κ2) is 6.41. The van der Waals surface area contributed by atoms with Gasteiger partial charge in [-0.25, -0.2) is 9.59 Å². The lowest BCUT2D eigenvalue weighted by atomic mass is 9.87. The number of urea groups is 1. The molecule has 1 aromatic rings. The number of carboxylic acids is 1. The molecule has 0 spiro atoms. The van der Waals surface area contributed by atoms with Crippen LogP contribution in [0, 0.1) is 5.41 Å². The van der Waals surface area contributed by atoms with E-state index >= 15 is 0 Å². The van der Waals surface area contributed by atoms with E-state index in [1.165, 1.54) is 5.56 Å². The molecule has 0 aliphatic rings. The van der Waals surface area contributed by atoms with E-state index in [1.807, 2.05) is 12.1 Å². The summed E-state index contributed by atoms with van der Waals surface area (Å²) in [6.07, 6.45) is 0.928. The third-order valence-corrected chi connectivity index (χ3v) is 3.01. The van der Waals surface area contributed by atoms with Crippen molar-refractivity contribution in [1.82, 2.24) is 5.32 Å². The lowest BCUT2D eigenvalue weighted by molar-refractivity contribution is -0.141. The molecule has 0 unspecified atom stereocenters. The monoisotopic (exact) mass is 278 g/mol. The number of nitrogens with one attached hydrogen (secondary N) is 2. The summed E-state index contributed by atoms with van der Waals surface area (Å²) >= 11 is 0. The van der Waals surface area contributed by atoms with Gasteiger partial charge in [-0.3, -0.25) is 0 Å². The quantitative estimate of drug-likeness (QED) is 0.792. The van der Waals surface area contributed by atoms with E-state index in [-0.39, 0.29) is 0 Å². The smallest absolute Gasteiger partial charge is 0.326 e. The number of amides is 2. The number of hydrogen-bond acceptors (Lipinski definition) is 2. The average Bonchev–Trinajstić information content (AvgIpc) is 2.35. The fourth-order valence-electron chi connectivity index (χ4n) is 1.77. The van der Waals surface area contributed by atoms with Crippen LogP contribution in [0.3, 0.4) is 0 Å². The van der Waals surface area contributed by atoms with Crippen LogP contribution in [0.15, 0.2) is 24.3 Å². The lowest BCUT2D eigenvalue weighted by Gasteiger charge is -2.27. The molecule has 2 amide bonds. The topological polar surface area (TPSA) is 78.4 Å². The van der Waals surface area contributed by atoms with Crippen LogP contribution in [0.5, 0.6) is 0 Å². The van der Waals surface area contributed by atoms with Gasteiger partial charge in [0.15, 0.2) is 0 Å². The normalized spacial score (nSPS) is 12.6. The molecule has 0 bridgehead atoms. The molecule has 0 aromatic heterocycles. The Hall–Kier alpha value is -2.04. The van der Waals surface area contributed by atoms with Crippen molar-refractivity contribution in [3.8, 4) is 0 Å². The summed E-state index contributed by atoms with van der Waals surface area (Å²) in [7, 11) is 0. The van der Waals surface area contributed by atoms with Crippen molar-refractivity contribution in [1.29, 1.82) is 0 Å². The van der Waals surface area contributed by atoms with Gasteiger partial charge in [0, 0.05) is 5.69 Å². The molecule has 0 fully saturated rings. The minimum Gasteiger partial charge on any atom is -0.480 e. The van der Waals surface area contributed by atoms with Crippen LogP contribution >= 0.6 is 0 Å². The molecule has 1 atom stereocenters. The highest BCUT2D eigenvalue weighted by molar-refractivity contribution is 5.92. The molecular formula is C15H22N2O3. The van der Waals surface area contributed by atoms with Crippen LogP contribution in [-0.2, 0) is 11.2 Å². The molecule has 5 heteroatoms. The third kappa shape index (κ3) is 4.57. The molecule has 1 aromatic carbocycles. The van der Waals surface area contributed by atoms with E-state index in [9.17, 15) is 9.59 Å². The van der Waals surface area contributed by atoms with Crippen molar-refractivity contribution in [2.24, 2.45) is 5.41 Å². The lowest BCUT2D eigenvalue weighted by Crippen LogP contribution is -2.50. The number of benzene rings is 1. The van der Waals surface area contributed by atoms with Crippen molar-refractivity contribution in [2.75, 3.05) is 5.32 Å². The molecule has 0 saturated heterocycles. The Balaban J connectivity index is 2.68. The van der Waals surface area contributed by atoms with Crippen molar-refractivity contribution in [3.05, 3.63) is 29.8 Å². The van der Waals surface area contributed by atoms with Crippen LogP contribution in [0.25, 0.3) is 0 Å². The number of carboxylic acid groups (broad SMARTS) is 1. The molecular weight excluding hydrogens is 256 g/mol. The first-order valence-corrected chi connectivity index (χ1v) is 6.63. The Bertz CT molecular complexity index is 475. The van der Waals surface area contributed by atoms with Gasteiger partial charge < -0.3 is 15.7 Å². The number of rotatable bonds is 4. The number of carbonyl (C=O) groups excluding carboxylic acids is 1. The van der Waals surface area contributed by atoms with Gasteiger partial charge in [-0.1, -0.05) is 39.8 Å². The van der Waals surface area contributed by atoms with Crippen LogP contribution in [0.4, 0.5) is 10.5 Å². The van der Waals surface area contributed by atoms with Crippen molar-refractivity contribution in [2.45, 2.75) is 40.2 Å². The van der Waals surface area contributed by atoms with E-state index in [1.54, 1.807) is 32.9 Å². The van der Waals surface area contributed by atoms with Gasteiger partial charge in [-0.15, -0.1) is 0 Å². The highest BCUT2D eigenvalue weighted by atomic mass is 16.4. The second-order valence-electron chi connectivity index (χ2n) is 5.79. The molecule has 5 nitrogen and oxygen atoms in total. The maximum absolute atomic E-state index is 11.8. The van der Waals surface area contributed by atoms with Gasteiger partial charge in [0.05, 0.1) is 0 Å². The summed E-state index contributed by atoms with van der Waals surface area (Å²) in [4.78, 5) is 23.0. The van der Waals surface area contributed by atoms with Crippen LogP contribution in [0.2, 0.25) is 0 Å². The largest absolute Gasteiger partial charge is 0.480 e. The second-order valence-corrected chi connectivity index (χ2v) is 5.79. The first-order chi connectivity index (χ1) is 9.24. The third-order valence-electron chi connectivity index (χ3n) is 3.01. The minimum atomic E-state index is -1.05. The Labute approximate surface area is 119 Å². The maximum Gasteiger partial charge on any atom is 0.326 e. The number of anilines is 1. The highest BCUT2D eigenvalue weighted by Crippen LogP contribution is 2.19. The van der Waals surface area contributed by atoms with Gasteiger partial charge in [0.25, 0.3) is 0 Å². The molecule has 0 aliphatic heterocycles. The van der Waals surface area contributed by atoms with Gasteiger partial charge in [-0.05, 0) is 29.5 Å². The summed E-state index contributed by atoms with van der Waals surface area (Å²) in [5.74, 6) is -1.05. The molecule has 0 radical (unpaired) electrons. The Morgan fingerprint density at radius 3 is 2.15 bits per heavy atom. The standard InChI is InChI=1S/C15H22N2O3/c1-5-10-6-8-11(9-7-10)16-14(20)17-12(13(18)19)15(2,3)4/h6-9,12H,5H2,1-4H3,(H,18,19)(H2,16,17,20)/t12-/m1/s1. The van der Waals surface area contributed by atoms with Crippen LogP contribution in [-0.4, -0.2) is 23.1 Å². The SMILES string of the molecule is CCc1ccc(NC(=O)N[C@H](C(=O)O)C(C)(C)C)cc1. The predicted molar refractivity (Wildman–Crippen MR) is 78.9 cm³/mol. The van der Waals surface area contributed by atoms with E-state index in [0.29, 0.717) is 5.69 Å². The van der Waals surface area contributed by atoms with Gasteiger partial charge >= 0.3 is 12.0 Å². The number of hydrogen-bond donors (Lipinski definition) is 3. The minimum absolute atomic E-state index is 0.517. The van der Waals surface area contributed by atoms with Gasteiger partial charge in [0.1, 0.15) is 6.04 Å². The zero-order valence-electron chi connectivity index (χ0n) is 12.4. The zero-order valence-corrected chi connectivity index (χ0v) is 12.4. The first-order valence-electron chi connectivity index (χ1n) is 6.63. The Morgan fingerprint density at radius 1 is 1.20 bits per heavy atom. The first kappa shape index (κ1) is 16.0. The van der Waals surface area contributed by atoms with E-state index in [2.05, 4.69) is 17.6 Å². The van der Waals surface area contributed by atoms with Gasteiger partial charge in [-0.2, -0.15) is 0 Å². The van der Waals surface area contributed by atoms with E-state index in [4.69, 9.17) is 5.11 Å². The average molecular weight is 278 g/mol.